The Hall–Kier alpha value is -2.16. The van der Waals surface area contributed by atoms with Crippen LogP contribution in [0.15, 0.2) is 54.9 Å². The van der Waals surface area contributed by atoms with E-state index in [1.165, 1.54) is 0 Å². The molecular weight excluding hydrogens is 224 g/mol. The van der Waals surface area contributed by atoms with Gasteiger partial charge >= 0.3 is 0 Å². The Morgan fingerprint density at radius 2 is 1.78 bits per heavy atom. The van der Waals surface area contributed by atoms with Crippen LogP contribution in [0.25, 0.3) is 0 Å². The molecule has 2 rings (SSSR count). The smallest absolute Gasteiger partial charge is 0.227 e. The molecule has 0 saturated heterocycles. The molecule has 1 heterocycles. The summed E-state index contributed by atoms with van der Waals surface area (Å²) in [6.07, 6.45) is 4.76. The summed E-state index contributed by atoms with van der Waals surface area (Å²) >= 11 is 0. The van der Waals surface area contributed by atoms with Crippen LogP contribution in [0, 0.1) is 0 Å². The van der Waals surface area contributed by atoms with Gasteiger partial charge in [-0.3, -0.25) is 9.78 Å². The average molecular weight is 240 g/mol. The highest BCUT2D eigenvalue weighted by molar-refractivity contribution is 5.92. The van der Waals surface area contributed by atoms with E-state index in [4.69, 9.17) is 0 Å². The predicted molar refractivity (Wildman–Crippen MR) is 72.4 cm³/mol. The molecule has 0 aliphatic rings. The SMILES string of the molecule is CN(C(=O)CCc1ccncc1)c1ccccc1. The van der Waals surface area contributed by atoms with Gasteiger partial charge in [-0.15, -0.1) is 0 Å². The van der Waals surface area contributed by atoms with Crippen molar-refractivity contribution in [2.24, 2.45) is 0 Å². The van der Waals surface area contributed by atoms with Crippen molar-refractivity contribution in [3.63, 3.8) is 0 Å². The van der Waals surface area contributed by atoms with Crippen LogP contribution in [0.2, 0.25) is 0 Å². The molecule has 0 spiro atoms. The third-order valence-electron chi connectivity index (χ3n) is 2.89. The maximum atomic E-state index is 12.0. The van der Waals surface area contributed by atoms with Gasteiger partial charge in [0.25, 0.3) is 0 Å². The zero-order chi connectivity index (χ0) is 12.8. The van der Waals surface area contributed by atoms with Gasteiger partial charge in [0.2, 0.25) is 5.91 Å². The zero-order valence-corrected chi connectivity index (χ0v) is 10.4. The molecule has 1 amide bonds. The van der Waals surface area contributed by atoms with E-state index in [9.17, 15) is 4.79 Å². The van der Waals surface area contributed by atoms with E-state index in [1.54, 1.807) is 17.3 Å². The number of carbonyl (C=O) groups is 1. The summed E-state index contributed by atoms with van der Waals surface area (Å²) in [6, 6.07) is 13.6. The van der Waals surface area contributed by atoms with Gasteiger partial charge in [-0.25, -0.2) is 0 Å². The predicted octanol–water partition coefficient (Wildman–Crippen LogP) is 2.68. The number of pyridine rings is 1. The molecule has 92 valence electrons. The van der Waals surface area contributed by atoms with E-state index in [2.05, 4.69) is 4.98 Å². The van der Waals surface area contributed by atoms with Gasteiger partial charge < -0.3 is 4.90 Å². The first-order valence-electron chi connectivity index (χ1n) is 5.98. The van der Waals surface area contributed by atoms with Crippen molar-refractivity contribution in [3.8, 4) is 0 Å². The fraction of sp³-hybridized carbons (Fsp3) is 0.200. The second-order valence-corrected chi connectivity index (χ2v) is 4.14. The molecule has 18 heavy (non-hydrogen) atoms. The molecule has 0 bridgehead atoms. The van der Waals surface area contributed by atoms with Crippen molar-refractivity contribution < 1.29 is 4.79 Å². The van der Waals surface area contributed by atoms with Gasteiger partial charge in [-0.2, -0.15) is 0 Å². The molecule has 0 aliphatic carbocycles. The Morgan fingerprint density at radius 1 is 1.11 bits per heavy atom. The van der Waals surface area contributed by atoms with E-state index < -0.39 is 0 Å². The molecule has 0 aliphatic heterocycles. The molecule has 0 radical (unpaired) electrons. The quantitative estimate of drug-likeness (QED) is 0.823. The maximum Gasteiger partial charge on any atom is 0.227 e. The first-order valence-corrected chi connectivity index (χ1v) is 5.98. The highest BCUT2D eigenvalue weighted by Crippen LogP contribution is 2.13. The van der Waals surface area contributed by atoms with Crippen molar-refractivity contribution >= 4 is 11.6 Å². The number of carbonyl (C=O) groups excluding carboxylic acids is 1. The molecule has 0 fully saturated rings. The van der Waals surface area contributed by atoms with Gasteiger partial charge in [0.1, 0.15) is 0 Å². The van der Waals surface area contributed by atoms with E-state index >= 15 is 0 Å². The highest BCUT2D eigenvalue weighted by Gasteiger charge is 2.10. The lowest BCUT2D eigenvalue weighted by Gasteiger charge is -2.17. The average Bonchev–Trinajstić information content (AvgIpc) is 2.46. The Kier molecular flexibility index (Phi) is 4.07. The number of para-hydroxylation sites is 1. The summed E-state index contributed by atoms with van der Waals surface area (Å²) in [6.45, 7) is 0. The topological polar surface area (TPSA) is 33.2 Å². The van der Waals surface area contributed by atoms with Crippen molar-refractivity contribution in [1.82, 2.24) is 4.98 Å². The van der Waals surface area contributed by atoms with Gasteiger partial charge in [-0.1, -0.05) is 18.2 Å². The number of benzene rings is 1. The summed E-state index contributed by atoms with van der Waals surface area (Å²) in [5.74, 6) is 0.123. The number of anilines is 1. The third-order valence-corrected chi connectivity index (χ3v) is 2.89. The Morgan fingerprint density at radius 3 is 2.44 bits per heavy atom. The van der Waals surface area contributed by atoms with Crippen LogP contribution in [0.4, 0.5) is 5.69 Å². The van der Waals surface area contributed by atoms with Crippen LogP contribution in [-0.4, -0.2) is 17.9 Å². The lowest BCUT2D eigenvalue weighted by atomic mass is 10.1. The van der Waals surface area contributed by atoms with E-state index in [0.29, 0.717) is 6.42 Å². The largest absolute Gasteiger partial charge is 0.315 e. The molecule has 1 aromatic heterocycles. The monoisotopic (exact) mass is 240 g/mol. The van der Waals surface area contributed by atoms with Crippen LogP contribution in [0.1, 0.15) is 12.0 Å². The fourth-order valence-corrected chi connectivity index (χ4v) is 1.76. The minimum Gasteiger partial charge on any atom is -0.315 e. The molecule has 0 unspecified atom stereocenters. The minimum absolute atomic E-state index is 0.123. The molecule has 3 heteroatoms. The number of rotatable bonds is 4. The fourth-order valence-electron chi connectivity index (χ4n) is 1.76. The number of aryl methyl sites for hydroxylation is 1. The first-order chi connectivity index (χ1) is 8.77. The van der Waals surface area contributed by atoms with Gasteiger partial charge in [-0.05, 0) is 36.2 Å². The first kappa shape index (κ1) is 12.3. The van der Waals surface area contributed by atoms with Gasteiger partial charge in [0.15, 0.2) is 0 Å². The molecule has 0 saturated carbocycles. The molecule has 2 aromatic rings. The molecular formula is C15H16N2O. The summed E-state index contributed by atoms with van der Waals surface area (Å²) in [4.78, 5) is 17.7. The molecule has 0 N–H and O–H groups in total. The van der Waals surface area contributed by atoms with Gasteiger partial charge in [0, 0.05) is 31.5 Å². The molecule has 0 atom stereocenters. The number of amides is 1. The summed E-state index contributed by atoms with van der Waals surface area (Å²) in [5, 5.41) is 0. The van der Waals surface area contributed by atoms with Crippen molar-refractivity contribution in [2.45, 2.75) is 12.8 Å². The Balaban J connectivity index is 1.93. The Bertz CT molecular complexity index is 496. The summed E-state index contributed by atoms with van der Waals surface area (Å²) in [7, 11) is 1.81. The van der Waals surface area contributed by atoms with E-state index in [-0.39, 0.29) is 5.91 Å². The summed E-state index contributed by atoms with van der Waals surface area (Å²) < 4.78 is 0. The number of nitrogens with zero attached hydrogens (tertiary/aromatic N) is 2. The second-order valence-electron chi connectivity index (χ2n) is 4.14. The standard InChI is InChI=1S/C15H16N2O/c1-17(14-5-3-2-4-6-14)15(18)8-7-13-9-11-16-12-10-13/h2-6,9-12H,7-8H2,1H3. The highest BCUT2D eigenvalue weighted by atomic mass is 16.2. The number of hydrogen-bond donors (Lipinski definition) is 0. The van der Waals surface area contributed by atoms with Crippen LogP contribution in [0.5, 0.6) is 0 Å². The third kappa shape index (κ3) is 3.17. The van der Waals surface area contributed by atoms with Crippen molar-refractivity contribution in [2.75, 3.05) is 11.9 Å². The molecule has 3 nitrogen and oxygen atoms in total. The lowest BCUT2D eigenvalue weighted by Crippen LogP contribution is -2.26. The maximum absolute atomic E-state index is 12.0. The molecule has 1 aromatic carbocycles. The number of hydrogen-bond acceptors (Lipinski definition) is 2. The van der Waals surface area contributed by atoms with Crippen LogP contribution >= 0.6 is 0 Å². The van der Waals surface area contributed by atoms with Gasteiger partial charge in [0.05, 0.1) is 0 Å². The van der Waals surface area contributed by atoms with Crippen LogP contribution in [-0.2, 0) is 11.2 Å². The second kappa shape index (κ2) is 5.96. The normalized spacial score (nSPS) is 10.1. The van der Waals surface area contributed by atoms with Crippen LogP contribution < -0.4 is 4.90 Å². The van der Waals surface area contributed by atoms with E-state index in [1.807, 2.05) is 49.5 Å². The minimum atomic E-state index is 0.123. The zero-order valence-electron chi connectivity index (χ0n) is 10.4. The number of aromatic nitrogens is 1. The van der Waals surface area contributed by atoms with E-state index in [0.717, 1.165) is 17.7 Å². The van der Waals surface area contributed by atoms with Crippen molar-refractivity contribution in [1.29, 1.82) is 0 Å². The van der Waals surface area contributed by atoms with Crippen molar-refractivity contribution in [3.05, 3.63) is 60.4 Å². The summed E-state index contributed by atoms with van der Waals surface area (Å²) in [5.41, 5.74) is 2.07. The lowest BCUT2D eigenvalue weighted by molar-refractivity contribution is -0.118. The van der Waals surface area contributed by atoms with Crippen LogP contribution in [0.3, 0.4) is 0 Å². The Labute approximate surface area is 107 Å².